The Morgan fingerprint density at radius 1 is 1.22 bits per heavy atom. The molecule has 4 nitrogen and oxygen atoms in total. The van der Waals surface area contributed by atoms with E-state index in [1.165, 1.54) is 18.4 Å². The van der Waals surface area contributed by atoms with Gasteiger partial charge in [-0.3, -0.25) is 9.69 Å². The third-order valence-electron chi connectivity index (χ3n) is 4.85. The molecule has 1 aliphatic heterocycles. The first-order chi connectivity index (χ1) is 13.1. The van der Waals surface area contributed by atoms with Crippen molar-refractivity contribution in [2.24, 2.45) is 5.92 Å². The molecule has 0 aliphatic carbocycles. The Bertz CT molecular complexity index is 748. The molecule has 27 heavy (non-hydrogen) atoms. The number of nitrogens with one attached hydrogen (secondary N) is 1. The van der Waals surface area contributed by atoms with Gasteiger partial charge in [-0.1, -0.05) is 42.8 Å². The second kappa shape index (κ2) is 9.77. The minimum atomic E-state index is -0.0871. The highest BCUT2D eigenvalue weighted by Crippen LogP contribution is 2.22. The number of nitrogens with zero attached hydrogens (tertiary/aromatic N) is 1. The minimum absolute atomic E-state index is 0.0871. The molecule has 0 aromatic heterocycles. The lowest BCUT2D eigenvalue weighted by Crippen LogP contribution is -2.33. The molecule has 0 bridgehead atoms. The maximum absolute atomic E-state index is 12.3. The topological polar surface area (TPSA) is 41.6 Å². The Kier molecular flexibility index (Phi) is 7.13. The number of likely N-dealkylation sites (tertiary alicyclic amines) is 1. The lowest BCUT2D eigenvalue weighted by atomic mass is 9.99. The van der Waals surface area contributed by atoms with E-state index in [1.807, 2.05) is 30.3 Å². The molecule has 1 saturated heterocycles. The van der Waals surface area contributed by atoms with Gasteiger partial charge in [-0.05, 0) is 55.1 Å². The number of carbonyl (C=O) groups excluding carboxylic acids is 1. The van der Waals surface area contributed by atoms with Crippen molar-refractivity contribution in [2.75, 3.05) is 26.2 Å². The monoisotopic (exact) mass is 386 g/mol. The lowest BCUT2D eigenvalue weighted by Gasteiger charge is -2.30. The molecule has 2 aromatic rings. The summed E-state index contributed by atoms with van der Waals surface area (Å²) in [5.41, 5.74) is 1.92. The summed E-state index contributed by atoms with van der Waals surface area (Å²) < 4.78 is 5.58. The van der Waals surface area contributed by atoms with Crippen LogP contribution < -0.4 is 10.1 Å². The fraction of sp³-hybridized carbons (Fsp3) is 0.409. The van der Waals surface area contributed by atoms with Gasteiger partial charge in [0.1, 0.15) is 12.4 Å². The highest BCUT2D eigenvalue weighted by atomic mass is 35.5. The fourth-order valence-electron chi connectivity index (χ4n) is 3.44. The van der Waals surface area contributed by atoms with Gasteiger partial charge >= 0.3 is 0 Å². The van der Waals surface area contributed by atoms with Gasteiger partial charge in [-0.25, -0.2) is 0 Å². The van der Waals surface area contributed by atoms with Gasteiger partial charge in [-0.15, -0.1) is 0 Å². The van der Waals surface area contributed by atoms with Crippen LogP contribution in [-0.2, 0) is 6.54 Å². The number of halogens is 1. The van der Waals surface area contributed by atoms with Crippen LogP contribution in [0.4, 0.5) is 0 Å². The second-order valence-electron chi connectivity index (χ2n) is 7.21. The number of hydrogen-bond donors (Lipinski definition) is 1. The Labute approximate surface area is 166 Å². The Morgan fingerprint density at radius 2 is 2.00 bits per heavy atom. The molecule has 1 unspecified atom stereocenters. The zero-order valence-electron chi connectivity index (χ0n) is 15.8. The summed E-state index contributed by atoms with van der Waals surface area (Å²) in [5, 5.41) is 3.45. The normalized spacial score (nSPS) is 17.5. The van der Waals surface area contributed by atoms with Crippen LogP contribution in [0.3, 0.4) is 0 Å². The van der Waals surface area contributed by atoms with Gasteiger partial charge in [0.15, 0.2) is 0 Å². The summed E-state index contributed by atoms with van der Waals surface area (Å²) in [6.45, 7) is 6.40. The highest BCUT2D eigenvalue weighted by Gasteiger charge is 2.16. The standard InChI is InChI=1S/C22H27ClN2O2/c1-17-5-4-13-25(15-17)16-18-8-10-19(11-9-18)22(26)24-12-14-27-21-7-3-2-6-20(21)23/h2-3,6-11,17H,4-5,12-16H2,1H3,(H,24,26). The summed E-state index contributed by atoms with van der Waals surface area (Å²) in [6.07, 6.45) is 2.60. The van der Waals surface area contributed by atoms with Crippen LogP contribution in [0.5, 0.6) is 5.75 Å². The Morgan fingerprint density at radius 3 is 2.74 bits per heavy atom. The van der Waals surface area contributed by atoms with Gasteiger partial charge in [0.2, 0.25) is 0 Å². The zero-order valence-corrected chi connectivity index (χ0v) is 16.5. The fourth-order valence-corrected chi connectivity index (χ4v) is 3.63. The smallest absolute Gasteiger partial charge is 0.251 e. The molecule has 3 rings (SSSR count). The van der Waals surface area contributed by atoms with Crippen LogP contribution in [0.15, 0.2) is 48.5 Å². The van der Waals surface area contributed by atoms with Crippen LogP contribution in [0.1, 0.15) is 35.7 Å². The molecule has 1 fully saturated rings. The molecule has 144 valence electrons. The Hall–Kier alpha value is -2.04. The van der Waals surface area contributed by atoms with Crippen molar-refractivity contribution in [1.29, 1.82) is 0 Å². The molecule has 1 N–H and O–H groups in total. The van der Waals surface area contributed by atoms with E-state index in [0.29, 0.717) is 29.5 Å². The van der Waals surface area contributed by atoms with Gasteiger partial charge in [-0.2, -0.15) is 0 Å². The van der Waals surface area contributed by atoms with Crippen LogP contribution in [0.2, 0.25) is 5.02 Å². The maximum atomic E-state index is 12.3. The lowest BCUT2D eigenvalue weighted by molar-refractivity contribution is 0.0947. The minimum Gasteiger partial charge on any atom is -0.490 e. The zero-order chi connectivity index (χ0) is 19.1. The molecular weight excluding hydrogens is 360 g/mol. The molecule has 1 aliphatic rings. The van der Waals surface area contributed by atoms with Crippen LogP contribution in [0.25, 0.3) is 0 Å². The van der Waals surface area contributed by atoms with Gasteiger partial charge in [0, 0.05) is 18.7 Å². The average Bonchev–Trinajstić information content (AvgIpc) is 2.67. The van der Waals surface area contributed by atoms with Crippen molar-refractivity contribution in [3.8, 4) is 5.75 Å². The third-order valence-corrected chi connectivity index (χ3v) is 5.16. The van der Waals surface area contributed by atoms with E-state index in [9.17, 15) is 4.79 Å². The Balaban J connectivity index is 1.42. The number of ether oxygens (including phenoxy) is 1. The van der Waals surface area contributed by atoms with Crippen LogP contribution in [-0.4, -0.2) is 37.0 Å². The van der Waals surface area contributed by atoms with E-state index >= 15 is 0 Å². The molecule has 1 heterocycles. The number of amides is 1. The molecule has 0 saturated carbocycles. The number of piperidine rings is 1. The van der Waals surface area contributed by atoms with Crippen molar-refractivity contribution in [3.63, 3.8) is 0 Å². The number of rotatable bonds is 7. The second-order valence-corrected chi connectivity index (χ2v) is 7.62. The first-order valence-corrected chi connectivity index (χ1v) is 9.96. The average molecular weight is 387 g/mol. The maximum Gasteiger partial charge on any atom is 0.251 e. The number of para-hydroxylation sites is 1. The van der Waals surface area contributed by atoms with Gasteiger partial charge < -0.3 is 10.1 Å². The molecule has 5 heteroatoms. The molecule has 1 amide bonds. The van der Waals surface area contributed by atoms with E-state index in [2.05, 4.69) is 29.3 Å². The molecule has 0 spiro atoms. The molecule has 0 radical (unpaired) electrons. The number of hydrogen-bond acceptors (Lipinski definition) is 3. The van der Waals surface area contributed by atoms with Crippen molar-refractivity contribution in [3.05, 3.63) is 64.7 Å². The third kappa shape index (κ3) is 5.98. The predicted molar refractivity (Wildman–Crippen MR) is 109 cm³/mol. The van der Waals surface area contributed by atoms with E-state index in [0.717, 1.165) is 25.6 Å². The van der Waals surface area contributed by atoms with E-state index in [4.69, 9.17) is 16.3 Å². The summed E-state index contributed by atoms with van der Waals surface area (Å²) in [6, 6.07) is 15.2. The quantitative estimate of drug-likeness (QED) is 0.718. The first-order valence-electron chi connectivity index (χ1n) is 9.58. The van der Waals surface area contributed by atoms with Gasteiger partial charge in [0.05, 0.1) is 11.6 Å². The molecule has 1 atom stereocenters. The van der Waals surface area contributed by atoms with Crippen LogP contribution in [0, 0.1) is 5.92 Å². The van der Waals surface area contributed by atoms with E-state index in [1.54, 1.807) is 6.07 Å². The summed E-state index contributed by atoms with van der Waals surface area (Å²) >= 11 is 6.04. The van der Waals surface area contributed by atoms with Crippen molar-refractivity contribution in [2.45, 2.75) is 26.3 Å². The SMILES string of the molecule is CC1CCCN(Cc2ccc(C(=O)NCCOc3ccccc3Cl)cc2)C1. The van der Waals surface area contributed by atoms with E-state index in [-0.39, 0.29) is 5.91 Å². The summed E-state index contributed by atoms with van der Waals surface area (Å²) in [5.74, 6) is 1.32. The highest BCUT2D eigenvalue weighted by molar-refractivity contribution is 6.32. The number of carbonyl (C=O) groups is 1. The number of benzene rings is 2. The summed E-state index contributed by atoms with van der Waals surface area (Å²) in [4.78, 5) is 14.8. The van der Waals surface area contributed by atoms with Crippen LogP contribution >= 0.6 is 11.6 Å². The predicted octanol–water partition coefficient (Wildman–Crippen LogP) is 4.38. The van der Waals surface area contributed by atoms with E-state index < -0.39 is 0 Å². The largest absolute Gasteiger partial charge is 0.490 e. The first kappa shape index (κ1) is 19.7. The molecule has 2 aromatic carbocycles. The van der Waals surface area contributed by atoms with Gasteiger partial charge in [0.25, 0.3) is 5.91 Å². The van der Waals surface area contributed by atoms with Crippen molar-refractivity contribution in [1.82, 2.24) is 10.2 Å². The molecular formula is C22H27ClN2O2. The van der Waals surface area contributed by atoms with Crippen molar-refractivity contribution < 1.29 is 9.53 Å². The summed E-state index contributed by atoms with van der Waals surface area (Å²) in [7, 11) is 0. The van der Waals surface area contributed by atoms with Crippen molar-refractivity contribution >= 4 is 17.5 Å².